The number of rotatable bonds is 5. The van der Waals surface area contributed by atoms with Crippen molar-refractivity contribution in [1.29, 1.82) is 0 Å². The SMILES string of the molecule is O=C[C@@H]1O[C@H]1CCCC1OCCO1. The molecular weight excluding hydrogens is 172 g/mol. The largest absolute Gasteiger partial charge is 0.362 e. The summed E-state index contributed by atoms with van der Waals surface area (Å²) in [6.45, 7) is 1.42. The topological polar surface area (TPSA) is 48.1 Å². The molecule has 2 heterocycles. The Balaban J connectivity index is 1.52. The Morgan fingerprint density at radius 3 is 2.62 bits per heavy atom. The first-order valence-electron chi connectivity index (χ1n) is 4.74. The summed E-state index contributed by atoms with van der Waals surface area (Å²) in [5, 5.41) is 0. The minimum atomic E-state index is -0.134. The molecule has 74 valence electrons. The van der Waals surface area contributed by atoms with Crippen molar-refractivity contribution in [3.05, 3.63) is 0 Å². The maximum atomic E-state index is 10.2. The average molecular weight is 186 g/mol. The molecule has 4 heteroatoms. The molecule has 0 aromatic rings. The van der Waals surface area contributed by atoms with Crippen molar-refractivity contribution in [2.45, 2.75) is 37.8 Å². The monoisotopic (exact) mass is 186 g/mol. The Morgan fingerprint density at radius 1 is 1.23 bits per heavy atom. The van der Waals surface area contributed by atoms with E-state index in [0.717, 1.165) is 25.5 Å². The van der Waals surface area contributed by atoms with Crippen molar-refractivity contribution < 1.29 is 19.0 Å². The van der Waals surface area contributed by atoms with E-state index in [4.69, 9.17) is 14.2 Å². The Labute approximate surface area is 77.1 Å². The van der Waals surface area contributed by atoms with E-state index in [1.807, 2.05) is 0 Å². The third-order valence-electron chi connectivity index (χ3n) is 2.38. The molecule has 0 aromatic carbocycles. The van der Waals surface area contributed by atoms with Gasteiger partial charge in [-0.05, 0) is 19.3 Å². The summed E-state index contributed by atoms with van der Waals surface area (Å²) in [5.41, 5.74) is 0. The van der Waals surface area contributed by atoms with Crippen molar-refractivity contribution >= 4 is 6.29 Å². The van der Waals surface area contributed by atoms with E-state index in [2.05, 4.69) is 0 Å². The molecule has 13 heavy (non-hydrogen) atoms. The van der Waals surface area contributed by atoms with Crippen molar-refractivity contribution in [1.82, 2.24) is 0 Å². The van der Waals surface area contributed by atoms with Gasteiger partial charge in [0, 0.05) is 0 Å². The maximum Gasteiger partial charge on any atom is 0.157 e. The standard InChI is InChI=1S/C9H14O4/c10-6-8-7(13-8)2-1-3-9-11-4-5-12-9/h6-9H,1-5H2/t7-,8-/m0/s1. The molecule has 0 amide bonds. The molecule has 0 unspecified atom stereocenters. The minimum Gasteiger partial charge on any atom is -0.362 e. The second kappa shape index (κ2) is 4.17. The first kappa shape index (κ1) is 9.12. The smallest absolute Gasteiger partial charge is 0.157 e. The van der Waals surface area contributed by atoms with Gasteiger partial charge in [0.25, 0.3) is 0 Å². The summed E-state index contributed by atoms with van der Waals surface area (Å²) in [6, 6.07) is 0. The Kier molecular flexibility index (Phi) is 2.93. The second-order valence-electron chi connectivity index (χ2n) is 3.38. The van der Waals surface area contributed by atoms with Gasteiger partial charge < -0.3 is 19.0 Å². The summed E-state index contributed by atoms with van der Waals surface area (Å²) >= 11 is 0. The van der Waals surface area contributed by atoms with Crippen LogP contribution in [0, 0.1) is 0 Å². The predicted octanol–water partition coefficient (Wildman–Crippen LogP) is 0.496. The maximum absolute atomic E-state index is 10.2. The summed E-state index contributed by atoms with van der Waals surface area (Å²) in [6.07, 6.45) is 3.73. The van der Waals surface area contributed by atoms with Gasteiger partial charge in [-0.25, -0.2) is 0 Å². The molecule has 0 radical (unpaired) electrons. The first-order valence-corrected chi connectivity index (χ1v) is 4.74. The highest BCUT2D eigenvalue weighted by molar-refractivity contribution is 5.60. The van der Waals surface area contributed by atoms with Crippen molar-refractivity contribution in [2.75, 3.05) is 13.2 Å². The lowest BCUT2D eigenvalue weighted by molar-refractivity contribution is -0.108. The summed E-state index contributed by atoms with van der Waals surface area (Å²) < 4.78 is 15.6. The van der Waals surface area contributed by atoms with Crippen molar-refractivity contribution in [3.63, 3.8) is 0 Å². The quantitative estimate of drug-likeness (QED) is 0.463. The van der Waals surface area contributed by atoms with E-state index in [9.17, 15) is 4.79 Å². The van der Waals surface area contributed by atoms with Gasteiger partial charge in [0.05, 0.1) is 19.3 Å². The lowest BCUT2D eigenvalue weighted by Gasteiger charge is -2.06. The summed E-state index contributed by atoms with van der Waals surface area (Å²) in [7, 11) is 0. The van der Waals surface area contributed by atoms with Crippen LogP contribution in [0.3, 0.4) is 0 Å². The van der Waals surface area contributed by atoms with Crippen LogP contribution in [0.4, 0.5) is 0 Å². The fourth-order valence-electron chi connectivity index (χ4n) is 1.57. The van der Waals surface area contributed by atoms with Crippen LogP contribution in [0.5, 0.6) is 0 Å². The zero-order valence-corrected chi connectivity index (χ0v) is 7.48. The lowest BCUT2D eigenvalue weighted by atomic mass is 10.1. The minimum absolute atomic E-state index is 0.0200. The highest BCUT2D eigenvalue weighted by Gasteiger charge is 2.37. The van der Waals surface area contributed by atoms with E-state index in [1.165, 1.54) is 0 Å². The van der Waals surface area contributed by atoms with Gasteiger partial charge in [0.15, 0.2) is 12.6 Å². The van der Waals surface area contributed by atoms with Gasteiger partial charge in [-0.15, -0.1) is 0 Å². The molecule has 2 fully saturated rings. The first-order chi connectivity index (χ1) is 6.40. The number of ether oxygens (including phenoxy) is 3. The number of carbonyl (C=O) groups excluding carboxylic acids is 1. The average Bonchev–Trinajstić information content (AvgIpc) is 2.69. The molecule has 0 saturated carbocycles. The van der Waals surface area contributed by atoms with E-state index in [0.29, 0.717) is 13.2 Å². The molecule has 2 saturated heterocycles. The van der Waals surface area contributed by atoms with Crippen LogP contribution in [-0.4, -0.2) is 38.0 Å². The Morgan fingerprint density at radius 2 is 2.00 bits per heavy atom. The van der Waals surface area contributed by atoms with Gasteiger partial charge in [0.2, 0.25) is 0 Å². The Bertz CT molecular complexity index is 176. The second-order valence-corrected chi connectivity index (χ2v) is 3.38. The number of hydrogen-bond acceptors (Lipinski definition) is 4. The number of aldehydes is 1. The molecule has 2 atom stereocenters. The van der Waals surface area contributed by atoms with Crippen LogP contribution < -0.4 is 0 Å². The van der Waals surface area contributed by atoms with Crippen LogP contribution in [0.1, 0.15) is 19.3 Å². The van der Waals surface area contributed by atoms with Gasteiger partial charge in [-0.3, -0.25) is 0 Å². The van der Waals surface area contributed by atoms with Crippen LogP contribution in [-0.2, 0) is 19.0 Å². The molecule has 0 bridgehead atoms. The fraction of sp³-hybridized carbons (Fsp3) is 0.889. The van der Waals surface area contributed by atoms with E-state index >= 15 is 0 Å². The molecular formula is C9H14O4. The predicted molar refractivity (Wildman–Crippen MR) is 44.3 cm³/mol. The summed E-state index contributed by atoms with van der Waals surface area (Å²) in [4.78, 5) is 10.2. The van der Waals surface area contributed by atoms with Crippen LogP contribution in [0.2, 0.25) is 0 Å². The number of carbonyl (C=O) groups is 1. The molecule has 0 N–H and O–H groups in total. The van der Waals surface area contributed by atoms with Gasteiger partial charge >= 0.3 is 0 Å². The molecule has 0 aliphatic carbocycles. The highest BCUT2D eigenvalue weighted by atomic mass is 16.7. The van der Waals surface area contributed by atoms with Gasteiger partial charge in [-0.1, -0.05) is 0 Å². The molecule has 0 aromatic heterocycles. The van der Waals surface area contributed by atoms with Crippen molar-refractivity contribution in [2.24, 2.45) is 0 Å². The molecule has 2 aliphatic rings. The molecule has 4 nitrogen and oxygen atoms in total. The Hall–Kier alpha value is -0.450. The molecule has 2 rings (SSSR count). The molecule has 2 aliphatic heterocycles. The normalized spacial score (nSPS) is 33.5. The third-order valence-corrected chi connectivity index (χ3v) is 2.38. The van der Waals surface area contributed by atoms with Crippen LogP contribution in [0.15, 0.2) is 0 Å². The number of hydrogen-bond donors (Lipinski definition) is 0. The molecule has 0 spiro atoms. The van der Waals surface area contributed by atoms with Crippen LogP contribution in [0.25, 0.3) is 0 Å². The highest BCUT2D eigenvalue weighted by Crippen LogP contribution is 2.26. The zero-order chi connectivity index (χ0) is 9.10. The van der Waals surface area contributed by atoms with E-state index < -0.39 is 0 Å². The number of epoxide rings is 1. The van der Waals surface area contributed by atoms with E-state index in [-0.39, 0.29) is 18.5 Å². The van der Waals surface area contributed by atoms with Crippen LogP contribution >= 0.6 is 0 Å². The zero-order valence-electron chi connectivity index (χ0n) is 7.48. The summed E-state index contributed by atoms with van der Waals surface area (Å²) in [5.74, 6) is 0. The lowest BCUT2D eigenvalue weighted by Crippen LogP contribution is -2.07. The van der Waals surface area contributed by atoms with Gasteiger partial charge in [-0.2, -0.15) is 0 Å². The van der Waals surface area contributed by atoms with Gasteiger partial charge in [0.1, 0.15) is 6.10 Å². The van der Waals surface area contributed by atoms with Crippen molar-refractivity contribution in [3.8, 4) is 0 Å². The fourth-order valence-corrected chi connectivity index (χ4v) is 1.57. The van der Waals surface area contributed by atoms with E-state index in [1.54, 1.807) is 0 Å². The third kappa shape index (κ3) is 2.49.